The zero-order chi connectivity index (χ0) is 24.0. The van der Waals surface area contributed by atoms with Crippen LogP contribution in [0.3, 0.4) is 0 Å². The number of nitrogens with zero attached hydrogens (tertiary/aromatic N) is 7. The summed E-state index contributed by atoms with van der Waals surface area (Å²) in [4.78, 5) is 25.2. The van der Waals surface area contributed by atoms with Crippen LogP contribution in [0.4, 0.5) is 5.69 Å². The first-order valence-corrected chi connectivity index (χ1v) is 10.9. The van der Waals surface area contributed by atoms with Crippen LogP contribution in [0.25, 0.3) is 22.8 Å². The van der Waals surface area contributed by atoms with Crippen LogP contribution in [0.5, 0.6) is 0 Å². The van der Waals surface area contributed by atoms with Gasteiger partial charge in [0.1, 0.15) is 12.0 Å². The van der Waals surface area contributed by atoms with Gasteiger partial charge in [0.05, 0.1) is 12.2 Å². The molecule has 0 saturated carbocycles. The summed E-state index contributed by atoms with van der Waals surface area (Å²) in [6.07, 6.45) is 8.33. The zero-order valence-electron chi connectivity index (χ0n) is 18.9. The Morgan fingerprint density at radius 2 is 1.94 bits per heavy atom. The number of benzene rings is 1. The number of H-pyrrole nitrogens is 1. The van der Waals surface area contributed by atoms with Crippen LogP contribution in [-0.4, -0.2) is 45.8 Å². The highest BCUT2D eigenvalue weighted by Crippen LogP contribution is 2.20. The molecule has 0 fully saturated rings. The minimum Gasteiger partial charge on any atom is -0.378 e. The van der Waals surface area contributed by atoms with Gasteiger partial charge < -0.3 is 15.2 Å². The highest BCUT2D eigenvalue weighted by Gasteiger charge is 2.13. The molecule has 0 aliphatic carbocycles. The lowest BCUT2D eigenvalue weighted by Crippen LogP contribution is -2.23. The van der Waals surface area contributed by atoms with Crippen molar-refractivity contribution in [3.8, 4) is 22.8 Å². The van der Waals surface area contributed by atoms with E-state index in [2.05, 4.69) is 46.0 Å². The van der Waals surface area contributed by atoms with Gasteiger partial charge in [-0.15, -0.1) is 10.2 Å². The minimum absolute atomic E-state index is 0.178. The van der Waals surface area contributed by atoms with E-state index >= 15 is 0 Å². The Morgan fingerprint density at radius 3 is 2.77 bits per heavy atom. The Hall–Kier alpha value is -4.93. The molecule has 11 heteroatoms. The Bertz CT molecular complexity index is 1430. The predicted molar refractivity (Wildman–Crippen MR) is 129 cm³/mol. The quantitative estimate of drug-likeness (QED) is 0.317. The van der Waals surface area contributed by atoms with Gasteiger partial charge in [0.15, 0.2) is 11.6 Å². The van der Waals surface area contributed by atoms with Gasteiger partial charge in [-0.05, 0) is 42.0 Å². The van der Waals surface area contributed by atoms with Gasteiger partial charge in [-0.25, -0.2) is 9.97 Å². The average molecular weight is 467 g/mol. The van der Waals surface area contributed by atoms with Crippen LogP contribution < -0.4 is 10.6 Å². The molecular weight excluding hydrogens is 444 g/mol. The number of pyridine rings is 1. The lowest BCUT2D eigenvalue weighted by molar-refractivity contribution is 0.0951. The molecule has 0 bridgehead atoms. The Balaban J connectivity index is 1.23. The standard InChI is InChI=1S/C24H22N10O/c1-34-22(32-33-23(34)21-6-9-26-15-29-21)14-27-18-4-2-3-16(11-18)24(35)28-12-17-5-8-25-13-19(17)20-7-10-30-31-20/h2-11,13,15,27H,12,14H2,1H3,(H,28,35)(H,30,31). The van der Waals surface area contributed by atoms with Crippen molar-refractivity contribution in [2.24, 2.45) is 7.05 Å². The van der Waals surface area contributed by atoms with E-state index in [1.54, 1.807) is 43.0 Å². The first-order valence-electron chi connectivity index (χ1n) is 10.9. The maximum absolute atomic E-state index is 12.8. The number of nitrogens with one attached hydrogen (secondary N) is 3. The lowest BCUT2D eigenvalue weighted by Gasteiger charge is -2.11. The second-order valence-corrected chi connectivity index (χ2v) is 7.70. The van der Waals surface area contributed by atoms with Gasteiger partial charge in [0, 0.05) is 55.2 Å². The smallest absolute Gasteiger partial charge is 0.251 e. The zero-order valence-corrected chi connectivity index (χ0v) is 18.9. The van der Waals surface area contributed by atoms with Crippen molar-refractivity contribution in [3.05, 3.63) is 90.5 Å². The number of aromatic amines is 1. The molecule has 5 aromatic rings. The fourth-order valence-electron chi connectivity index (χ4n) is 3.61. The molecule has 174 valence electrons. The second-order valence-electron chi connectivity index (χ2n) is 7.70. The summed E-state index contributed by atoms with van der Waals surface area (Å²) in [7, 11) is 1.88. The molecule has 0 atom stereocenters. The number of carbonyl (C=O) groups excluding carboxylic acids is 1. The van der Waals surface area contributed by atoms with Gasteiger partial charge in [0.2, 0.25) is 0 Å². The molecular formula is C24H22N10O. The van der Waals surface area contributed by atoms with E-state index in [0.29, 0.717) is 30.2 Å². The van der Waals surface area contributed by atoms with Gasteiger partial charge >= 0.3 is 0 Å². The first-order chi connectivity index (χ1) is 17.2. The van der Waals surface area contributed by atoms with E-state index in [4.69, 9.17) is 0 Å². The number of carbonyl (C=O) groups is 1. The number of hydrogen-bond donors (Lipinski definition) is 3. The van der Waals surface area contributed by atoms with E-state index in [-0.39, 0.29) is 5.91 Å². The summed E-state index contributed by atoms with van der Waals surface area (Å²) in [5.74, 6) is 1.21. The van der Waals surface area contributed by atoms with Gasteiger partial charge in [-0.1, -0.05) is 6.07 Å². The van der Waals surface area contributed by atoms with Crippen LogP contribution in [0.2, 0.25) is 0 Å². The van der Waals surface area contributed by atoms with Crippen molar-refractivity contribution < 1.29 is 4.79 Å². The second kappa shape index (κ2) is 9.91. The lowest BCUT2D eigenvalue weighted by atomic mass is 10.1. The van der Waals surface area contributed by atoms with Gasteiger partial charge in [-0.3, -0.25) is 14.9 Å². The van der Waals surface area contributed by atoms with Crippen LogP contribution in [0.15, 0.2) is 73.6 Å². The topological polar surface area (TPSA) is 139 Å². The molecule has 35 heavy (non-hydrogen) atoms. The predicted octanol–water partition coefficient (Wildman–Crippen LogP) is 2.60. The summed E-state index contributed by atoms with van der Waals surface area (Å²) in [5, 5.41) is 21.8. The summed E-state index contributed by atoms with van der Waals surface area (Å²) in [6.45, 7) is 0.787. The molecule has 0 saturated heterocycles. The molecule has 3 N–H and O–H groups in total. The molecule has 5 rings (SSSR count). The van der Waals surface area contributed by atoms with Crippen LogP contribution in [-0.2, 0) is 20.1 Å². The Labute approximate surface area is 200 Å². The molecule has 0 spiro atoms. The summed E-state index contributed by atoms with van der Waals surface area (Å²) in [5.41, 5.74) is 4.62. The van der Waals surface area contributed by atoms with E-state index in [0.717, 1.165) is 28.3 Å². The molecule has 0 radical (unpaired) electrons. The van der Waals surface area contributed by atoms with Crippen molar-refractivity contribution in [1.29, 1.82) is 0 Å². The molecule has 11 nitrogen and oxygen atoms in total. The fourth-order valence-corrected chi connectivity index (χ4v) is 3.61. The highest BCUT2D eigenvalue weighted by molar-refractivity contribution is 5.95. The average Bonchev–Trinajstić information content (AvgIpc) is 3.57. The maximum atomic E-state index is 12.8. The SMILES string of the molecule is Cn1c(CNc2cccc(C(=O)NCc3ccncc3-c3cc[nH]n3)c2)nnc1-c1ccncn1. The van der Waals surface area contributed by atoms with E-state index in [1.165, 1.54) is 6.33 Å². The number of rotatable bonds is 8. The molecule has 4 heterocycles. The van der Waals surface area contributed by atoms with Gasteiger partial charge in [-0.2, -0.15) is 5.10 Å². The molecule has 0 aliphatic rings. The van der Waals surface area contributed by atoms with E-state index in [9.17, 15) is 4.79 Å². The Kier molecular flexibility index (Phi) is 6.20. The highest BCUT2D eigenvalue weighted by atomic mass is 16.1. The monoisotopic (exact) mass is 466 g/mol. The Morgan fingerprint density at radius 1 is 1.03 bits per heavy atom. The number of anilines is 1. The molecule has 1 aromatic carbocycles. The number of aromatic nitrogens is 8. The third kappa shape index (κ3) is 4.88. The minimum atomic E-state index is -0.178. The van der Waals surface area contributed by atoms with Gasteiger partial charge in [0.25, 0.3) is 5.91 Å². The van der Waals surface area contributed by atoms with Crippen molar-refractivity contribution >= 4 is 11.6 Å². The largest absolute Gasteiger partial charge is 0.378 e. The van der Waals surface area contributed by atoms with Crippen molar-refractivity contribution in [2.75, 3.05) is 5.32 Å². The van der Waals surface area contributed by atoms with Crippen molar-refractivity contribution in [1.82, 2.24) is 45.2 Å². The third-order valence-electron chi connectivity index (χ3n) is 5.48. The number of amides is 1. The molecule has 0 aliphatic heterocycles. The molecule has 1 amide bonds. The van der Waals surface area contributed by atoms with E-state index < -0.39 is 0 Å². The molecule has 0 unspecified atom stereocenters. The van der Waals surface area contributed by atoms with Crippen LogP contribution >= 0.6 is 0 Å². The van der Waals surface area contributed by atoms with Crippen molar-refractivity contribution in [3.63, 3.8) is 0 Å². The molecule has 4 aromatic heterocycles. The summed E-state index contributed by atoms with van der Waals surface area (Å²) in [6, 6.07) is 12.8. The van der Waals surface area contributed by atoms with E-state index in [1.807, 2.05) is 35.9 Å². The summed E-state index contributed by atoms with van der Waals surface area (Å²) >= 11 is 0. The first kappa shape index (κ1) is 21.9. The third-order valence-corrected chi connectivity index (χ3v) is 5.48. The maximum Gasteiger partial charge on any atom is 0.251 e. The fraction of sp³-hybridized carbons (Fsp3) is 0.125. The number of hydrogen-bond acceptors (Lipinski definition) is 8. The summed E-state index contributed by atoms with van der Waals surface area (Å²) < 4.78 is 1.87. The van der Waals surface area contributed by atoms with Crippen molar-refractivity contribution in [2.45, 2.75) is 13.1 Å². The normalized spacial score (nSPS) is 10.8. The van der Waals surface area contributed by atoms with Crippen LogP contribution in [0.1, 0.15) is 21.7 Å². The van der Waals surface area contributed by atoms with Crippen LogP contribution in [0, 0.1) is 0 Å².